The highest BCUT2D eigenvalue weighted by Gasteiger charge is 2.21. The van der Waals surface area contributed by atoms with Crippen molar-refractivity contribution in [2.45, 2.75) is 33.4 Å². The van der Waals surface area contributed by atoms with E-state index < -0.39 is 0 Å². The molecule has 6 heteroatoms. The number of amides is 1. The number of carbonyl (C=O) groups excluding carboxylic acids is 1. The van der Waals surface area contributed by atoms with E-state index in [2.05, 4.69) is 9.97 Å². The fourth-order valence-electron chi connectivity index (χ4n) is 1.98. The van der Waals surface area contributed by atoms with Crippen LogP contribution in [0.15, 0.2) is 18.7 Å². The van der Waals surface area contributed by atoms with Crippen molar-refractivity contribution in [3.8, 4) is 0 Å². The Hall–Kier alpha value is -1.69. The normalized spacial score (nSPS) is 12.4. The molecule has 19 heavy (non-hydrogen) atoms. The Bertz CT molecular complexity index is 561. The summed E-state index contributed by atoms with van der Waals surface area (Å²) in [6.07, 6.45) is 5.11. The lowest BCUT2D eigenvalue weighted by Crippen LogP contribution is -2.32. The molecule has 0 N–H and O–H groups in total. The first kappa shape index (κ1) is 13.7. The van der Waals surface area contributed by atoms with Gasteiger partial charge < -0.3 is 9.47 Å². The van der Waals surface area contributed by atoms with Crippen LogP contribution in [0.4, 0.5) is 0 Å². The lowest BCUT2D eigenvalue weighted by Gasteiger charge is -2.24. The molecule has 0 radical (unpaired) electrons. The molecule has 102 valence electrons. The number of likely N-dealkylation sites (N-methyl/N-ethyl adjacent to an activating group) is 1. The second-order valence-electron chi connectivity index (χ2n) is 4.59. The first-order valence-electron chi connectivity index (χ1n) is 6.14. The third-order valence-electron chi connectivity index (χ3n) is 3.19. The van der Waals surface area contributed by atoms with Crippen molar-refractivity contribution in [1.29, 1.82) is 0 Å². The van der Waals surface area contributed by atoms with E-state index in [1.807, 2.05) is 27.8 Å². The Balaban J connectivity index is 2.08. The van der Waals surface area contributed by atoms with Gasteiger partial charge in [-0.2, -0.15) is 0 Å². The zero-order chi connectivity index (χ0) is 14.0. The minimum atomic E-state index is -0.0130. The summed E-state index contributed by atoms with van der Waals surface area (Å²) < 4.78 is 1.77. The minimum absolute atomic E-state index is 0.0130. The molecule has 2 heterocycles. The number of imidazole rings is 1. The topological polar surface area (TPSA) is 51.0 Å². The Kier molecular flexibility index (Phi) is 3.99. The van der Waals surface area contributed by atoms with E-state index in [0.29, 0.717) is 6.54 Å². The molecule has 2 aromatic heterocycles. The summed E-state index contributed by atoms with van der Waals surface area (Å²) in [7, 11) is 1.82. The van der Waals surface area contributed by atoms with Crippen molar-refractivity contribution in [1.82, 2.24) is 19.4 Å². The maximum Gasteiger partial charge on any atom is 0.242 e. The predicted octanol–water partition coefficient (Wildman–Crippen LogP) is 2.18. The van der Waals surface area contributed by atoms with Crippen LogP contribution in [0.3, 0.4) is 0 Å². The van der Waals surface area contributed by atoms with E-state index in [0.717, 1.165) is 10.7 Å². The molecule has 0 saturated heterocycles. The van der Waals surface area contributed by atoms with Crippen molar-refractivity contribution in [3.63, 3.8) is 0 Å². The molecule has 0 aliphatic rings. The van der Waals surface area contributed by atoms with Crippen LogP contribution in [-0.4, -0.2) is 32.4 Å². The highest BCUT2D eigenvalue weighted by atomic mass is 32.1. The maximum absolute atomic E-state index is 12.2. The molecular weight excluding hydrogens is 260 g/mol. The number of thiazole rings is 1. The van der Waals surface area contributed by atoms with Gasteiger partial charge in [-0.1, -0.05) is 0 Å². The highest BCUT2D eigenvalue weighted by Crippen LogP contribution is 2.26. The zero-order valence-corrected chi connectivity index (χ0v) is 12.4. The summed E-state index contributed by atoms with van der Waals surface area (Å²) in [5.74, 6) is 0.0514. The Labute approximate surface area is 116 Å². The standard InChI is InChI=1S/C13H18N4OS/c1-9(13-10(2)19-11(3)15-13)16(4)12(18)7-17-6-5-14-8-17/h5-6,8-9H,7H2,1-4H3/t9-/m0/s1. The molecule has 0 aromatic carbocycles. The van der Waals surface area contributed by atoms with Crippen LogP contribution in [0.25, 0.3) is 0 Å². The first-order valence-corrected chi connectivity index (χ1v) is 6.96. The van der Waals surface area contributed by atoms with Crippen molar-refractivity contribution in [3.05, 3.63) is 34.3 Å². The van der Waals surface area contributed by atoms with Crippen LogP contribution in [0.1, 0.15) is 28.5 Å². The van der Waals surface area contributed by atoms with Crippen molar-refractivity contribution < 1.29 is 4.79 Å². The van der Waals surface area contributed by atoms with Gasteiger partial charge in [0.2, 0.25) is 5.91 Å². The molecular formula is C13H18N4OS. The number of rotatable bonds is 4. The van der Waals surface area contributed by atoms with E-state index in [-0.39, 0.29) is 11.9 Å². The molecule has 1 atom stereocenters. The summed E-state index contributed by atoms with van der Waals surface area (Å²) >= 11 is 1.67. The average molecular weight is 278 g/mol. The summed E-state index contributed by atoms with van der Waals surface area (Å²) in [6.45, 7) is 6.35. The fourth-order valence-corrected chi connectivity index (χ4v) is 2.89. The second kappa shape index (κ2) is 5.52. The number of carbonyl (C=O) groups is 1. The Morgan fingerprint density at radius 2 is 2.26 bits per heavy atom. The van der Waals surface area contributed by atoms with Crippen LogP contribution >= 0.6 is 11.3 Å². The van der Waals surface area contributed by atoms with Gasteiger partial charge in [0.15, 0.2) is 0 Å². The number of hydrogen-bond donors (Lipinski definition) is 0. The number of aromatic nitrogens is 3. The zero-order valence-electron chi connectivity index (χ0n) is 11.6. The molecule has 0 spiro atoms. The minimum Gasteiger partial charge on any atom is -0.336 e. The van der Waals surface area contributed by atoms with Gasteiger partial charge in [-0.3, -0.25) is 4.79 Å². The average Bonchev–Trinajstić information content (AvgIpc) is 2.97. The highest BCUT2D eigenvalue weighted by molar-refractivity contribution is 7.11. The smallest absolute Gasteiger partial charge is 0.242 e. The molecule has 0 fully saturated rings. The largest absolute Gasteiger partial charge is 0.336 e. The molecule has 1 amide bonds. The van der Waals surface area contributed by atoms with Gasteiger partial charge in [-0.05, 0) is 20.8 Å². The van der Waals surface area contributed by atoms with Gasteiger partial charge in [0, 0.05) is 24.3 Å². The van der Waals surface area contributed by atoms with E-state index in [4.69, 9.17) is 0 Å². The number of aryl methyl sites for hydroxylation is 2. The summed E-state index contributed by atoms with van der Waals surface area (Å²) in [4.78, 5) is 23.6. The summed E-state index contributed by atoms with van der Waals surface area (Å²) in [5, 5.41) is 1.04. The molecule has 5 nitrogen and oxygen atoms in total. The summed E-state index contributed by atoms with van der Waals surface area (Å²) in [6, 6.07) is -0.0130. The van der Waals surface area contributed by atoms with Crippen molar-refractivity contribution in [2.75, 3.05) is 7.05 Å². The van der Waals surface area contributed by atoms with Crippen LogP contribution < -0.4 is 0 Å². The van der Waals surface area contributed by atoms with Gasteiger partial charge in [0.05, 0.1) is 23.1 Å². The van der Waals surface area contributed by atoms with E-state index in [1.165, 1.54) is 4.88 Å². The van der Waals surface area contributed by atoms with Crippen LogP contribution in [-0.2, 0) is 11.3 Å². The predicted molar refractivity (Wildman–Crippen MR) is 75.0 cm³/mol. The van der Waals surface area contributed by atoms with Crippen LogP contribution in [0, 0.1) is 13.8 Å². The molecule has 0 aliphatic carbocycles. The van der Waals surface area contributed by atoms with E-state index in [1.54, 1.807) is 39.5 Å². The third kappa shape index (κ3) is 3.01. The van der Waals surface area contributed by atoms with Crippen LogP contribution in [0.2, 0.25) is 0 Å². The molecule has 0 bridgehead atoms. The quantitative estimate of drug-likeness (QED) is 0.861. The number of hydrogen-bond acceptors (Lipinski definition) is 4. The SMILES string of the molecule is Cc1nc([C@H](C)N(C)C(=O)Cn2ccnc2)c(C)s1. The molecule has 0 unspecified atom stereocenters. The van der Waals surface area contributed by atoms with Gasteiger partial charge >= 0.3 is 0 Å². The van der Waals surface area contributed by atoms with Gasteiger partial charge in [-0.25, -0.2) is 9.97 Å². The van der Waals surface area contributed by atoms with E-state index in [9.17, 15) is 4.79 Å². The Morgan fingerprint density at radius 1 is 1.53 bits per heavy atom. The molecule has 2 aromatic rings. The third-order valence-corrected chi connectivity index (χ3v) is 4.09. The van der Waals surface area contributed by atoms with Crippen molar-refractivity contribution >= 4 is 17.2 Å². The lowest BCUT2D eigenvalue weighted by molar-refractivity contribution is -0.132. The maximum atomic E-state index is 12.2. The number of nitrogens with zero attached hydrogens (tertiary/aromatic N) is 4. The molecule has 0 aliphatic heterocycles. The van der Waals surface area contributed by atoms with Gasteiger partial charge in [-0.15, -0.1) is 11.3 Å². The fraction of sp³-hybridized carbons (Fsp3) is 0.462. The van der Waals surface area contributed by atoms with Crippen LogP contribution in [0.5, 0.6) is 0 Å². The first-order chi connectivity index (χ1) is 8.99. The van der Waals surface area contributed by atoms with Gasteiger partial charge in [0.1, 0.15) is 6.54 Å². The monoisotopic (exact) mass is 278 g/mol. The Morgan fingerprint density at radius 3 is 2.79 bits per heavy atom. The molecule has 2 rings (SSSR count). The molecule has 0 saturated carbocycles. The van der Waals surface area contributed by atoms with Gasteiger partial charge in [0.25, 0.3) is 0 Å². The lowest BCUT2D eigenvalue weighted by atomic mass is 10.2. The second-order valence-corrected chi connectivity index (χ2v) is 6.00. The van der Waals surface area contributed by atoms with E-state index >= 15 is 0 Å². The van der Waals surface area contributed by atoms with Crippen molar-refractivity contribution in [2.24, 2.45) is 0 Å². The summed E-state index contributed by atoms with van der Waals surface area (Å²) in [5.41, 5.74) is 0.990.